The van der Waals surface area contributed by atoms with Gasteiger partial charge in [0.2, 0.25) is 0 Å². The summed E-state index contributed by atoms with van der Waals surface area (Å²) in [6.07, 6.45) is -1.78. The lowest BCUT2D eigenvalue weighted by Crippen LogP contribution is -2.12. The van der Waals surface area contributed by atoms with Crippen molar-refractivity contribution in [1.29, 1.82) is 0 Å². The molecule has 6 rings (SSSR count). The number of aliphatic hydroxyl groups excluding tert-OH is 2. The van der Waals surface area contributed by atoms with Crippen LogP contribution in [0.3, 0.4) is 0 Å². The Balaban J connectivity index is 1.55. The van der Waals surface area contributed by atoms with E-state index in [0.717, 1.165) is 22.4 Å². The first-order valence-electron chi connectivity index (χ1n) is 12.3. The summed E-state index contributed by atoms with van der Waals surface area (Å²) in [4.78, 5) is 2.20. The molecule has 5 heteroatoms. The van der Waals surface area contributed by atoms with Crippen molar-refractivity contribution in [2.45, 2.75) is 26.4 Å². The zero-order valence-corrected chi connectivity index (χ0v) is 20.6. The van der Waals surface area contributed by atoms with E-state index in [2.05, 4.69) is 59.5 Å². The van der Waals surface area contributed by atoms with Crippen LogP contribution in [0.1, 0.15) is 13.8 Å². The average Bonchev–Trinajstić information content (AvgIpc) is 2.89. The molecule has 2 unspecified atom stereocenters. The SMILES string of the molecule is CC(O)Oc1ccc(N(c2ccc(OC(C)O)cc2)c2ccc3ccc4cccc5ccc2c3c45)cc1. The van der Waals surface area contributed by atoms with Crippen molar-refractivity contribution in [3.8, 4) is 11.5 Å². The summed E-state index contributed by atoms with van der Waals surface area (Å²) < 4.78 is 10.9. The second-order valence-corrected chi connectivity index (χ2v) is 9.20. The third-order valence-electron chi connectivity index (χ3n) is 6.55. The summed E-state index contributed by atoms with van der Waals surface area (Å²) in [5, 5.41) is 26.5. The summed E-state index contributed by atoms with van der Waals surface area (Å²) >= 11 is 0. The molecule has 0 heterocycles. The number of anilines is 3. The summed E-state index contributed by atoms with van der Waals surface area (Å²) in [6.45, 7) is 3.17. The minimum absolute atomic E-state index is 0.592. The number of nitrogens with zero attached hydrogens (tertiary/aromatic N) is 1. The van der Waals surface area contributed by atoms with Crippen LogP contribution in [0.15, 0.2) is 103 Å². The smallest absolute Gasteiger partial charge is 0.194 e. The molecule has 6 aromatic rings. The van der Waals surface area contributed by atoms with E-state index in [1.54, 1.807) is 13.8 Å². The maximum absolute atomic E-state index is 9.62. The van der Waals surface area contributed by atoms with Crippen molar-refractivity contribution in [3.05, 3.63) is 103 Å². The molecule has 0 radical (unpaired) electrons. The van der Waals surface area contributed by atoms with E-state index < -0.39 is 12.6 Å². The summed E-state index contributed by atoms with van der Waals surface area (Å²) in [5.74, 6) is 1.18. The Kier molecular flexibility index (Phi) is 5.80. The van der Waals surface area contributed by atoms with Crippen molar-refractivity contribution in [2.24, 2.45) is 0 Å². The Morgan fingerprint density at radius 1 is 0.541 bits per heavy atom. The topological polar surface area (TPSA) is 62.2 Å². The first-order chi connectivity index (χ1) is 18.0. The summed E-state index contributed by atoms with van der Waals surface area (Å²) in [6, 6.07) is 34.9. The van der Waals surface area contributed by atoms with Gasteiger partial charge >= 0.3 is 0 Å². The third-order valence-corrected chi connectivity index (χ3v) is 6.55. The quantitative estimate of drug-likeness (QED) is 0.180. The van der Waals surface area contributed by atoms with E-state index in [4.69, 9.17) is 9.47 Å². The molecule has 0 aliphatic carbocycles. The van der Waals surface area contributed by atoms with Crippen LogP contribution in [0.25, 0.3) is 32.3 Å². The molecule has 2 atom stereocenters. The van der Waals surface area contributed by atoms with E-state index >= 15 is 0 Å². The lowest BCUT2D eigenvalue weighted by Gasteiger charge is -2.28. The first-order valence-corrected chi connectivity index (χ1v) is 12.3. The van der Waals surface area contributed by atoms with Gasteiger partial charge in [-0.1, -0.05) is 48.5 Å². The first kappa shape index (κ1) is 23.1. The van der Waals surface area contributed by atoms with Crippen LogP contribution >= 0.6 is 0 Å². The van der Waals surface area contributed by atoms with Gasteiger partial charge in [-0.2, -0.15) is 0 Å². The van der Waals surface area contributed by atoms with E-state index in [9.17, 15) is 10.2 Å². The normalized spacial score (nSPS) is 13.2. The zero-order chi connectivity index (χ0) is 25.5. The lowest BCUT2D eigenvalue weighted by molar-refractivity contribution is -0.000859. The van der Waals surface area contributed by atoms with Crippen LogP contribution < -0.4 is 14.4 Å². The van der Waals surface area contributed by atoms with Gasteiger partial charge in [0.1, 0.15) is 11.5 Å². The van der Waals surface area contributed by atoms with Gasteiger partial charge in [-0.3, -0.25) is 0 Å². The Morgan fingerprint density at radius 3 is 1.51 bits per heavy atom. The van der Waals surface area contributed by atoms with Gasteiger partial charge in [0.25, 0.3) is 0 Å². The largest absolute Gasteiger partial charge is 0.465 e. The van der Waals surface area contributed by atoms with Crippen LogP contribution in [0.5, 0.6) is 11.5 Å². The number of hydrogen-bond donors (Lipinski definition) is 2. The van der Waals surface area contributed by atoms with Crippen LogP contribution in [-0.2, 0) is 0 Å². The van der Waals surface area contributed by atoms with Crippen molar-refractivity contribution >= 4 is 49.4 Å². The Bertz CT molecular complexity index is 1610. The van der Waals surface area contributed by atoms with Crippen molar-refractivity contribution < 1.29 is 19.7 Å². The molecule has 0 saturated carbocycles. The number of ether oxygens (including phenoxy) is 2. The molecule has 2 N–H and O–H groups in total. The van der Waals surface area contributed by atoms with E-state index in [1.165, 1.54) is 26.9 Å². The van der Waals surface area contributed by atoms with Gasteiger partial charge in [0.05, 0.1) is 5.69 Å². The fourth-order valence-electron chi connectivity index (χ4n) is 5.08. The Labute approximate surface area is 215 Å². The summed E-state index contributed by atoms with van der Waals surface area (Å²) in [7, 11) is 0. The number of aliphatic hydroxyl groups is 2. The summed E-state index contributed by atoms with van der Waals surface area (Å²) in [5.41, 5.74) is 2.92. The van der Waals surface area contributed by atoms with Gasteiger partial charge in [0.15, 0.2) is 12.6 Å². The molecule has 5 nitrogen and oxygen atoms in total. The zero-order valence-electron chi connectivity index (χ0n) is 20.6. The van der Waals surface area contributed by atoms with Crippen molar-refractivity contribution in [1.82, 2.24) is 0 Å². The monoisotopic (exact) mass is 489 g/mol. The molecule has 0 amide bonds. The molecule has 0 aliphatic heterocycles. The predicted octanol–water partition coefficient (Wildman–Crippen LogP) is 7.49. The molecule has 0 saturated heterocycles. The molecular formula is C32H27NO4. The maximum atomic E-state index is 9.62. The molecule has 0 spiro atoms. The molecule has 0 aromatic heterocycles. The van der Waals surface area contributed by atoms with Crippen molar-refractivity contribution in [3.63, 3.8) is 0 Å². The molecule has 184 valence electrons. The lowest BCUT2D eigenvalue weighted by atomic mass is 9.93. The van der Waals surface area contributed by atoms with Crippen LogP contribution in [-0.4, -0.2) is 22.8 Å². The second kappa shape index (κ2) is 9.28. The highest BCUT2D eigenvalue weighted by Crippen LogP contribution is 2.44. The van der Waals surface area contributed by atoms with E-state index in [1.807, 2.05) is 48.5 Å². The number of hydrogen-bond acceptors (Lipinski definition) is 5. The molecule has 0 bridgehead atoms. The van der Waals surface area contributed by atoms with Gasteiger partial charge < -0.3 is 24.6 Å². The fourth-order valence-corrected chi connectivity index (χ4v) is 5.08. The van der Waals surface area contributed by atoms with E-state index in [-0.39, 0.29) is 0 Å². The molecule has 0 fully saturated rings. The van der Waals surface area contributed by atoms with Crippen LogP contribution in [0.4, 0.5) is 17.1 Å². The van der Waals surface area contributed by atoms with Crippen LogP contribution in [0, 0.1) is 0 Å². The highest BCUT2D eigenvalue weighted by atomic mass is 16.6. The third kappa shape index (κ3) is 4.29. The predicted molar refractivity (Wildman–Crippen MR) is 149 cm³/mol. The molecule has 6 aromatic carbocycles. The maximum Gasteiger partial charge on any atom is 0.194 e. The van der Waals surface area contributed by atoms with E-state index in [0.29, 0.717) is 11.5 Å². The van der Waals surface area contributed by atoms with Crippen LogP contribution in [0.2, 0.25) is 0 Å². The van der Waals surface area contributed by atoms with Gasteiger partial charge in [-0.25, -0.2) is 0 Å². The second-order valence-electron chi connectivity index (χ2n) is 9.20. The highest BCUT2D eigenvalue weighted by molar-refractivity contribution is 6.25. The Morgan fingerprint density at radius 2 is 1.00 bits per heavy atom. The minimum Gasteiger partial charge on any atom is -0.465 e. The fraction of sp³-hybridized carbons (Fsp3) is 0.125. The molecule has 37 heavy (non-hydrogen) atoms. The van der Waals surface area contributed by atoms with Crippen molar-refractivity contribution in [2.75, 3.05) is 4.90 Å². The van der Waals surface area contributed by atoms with Gasteiger partial charge in [-0.05, 0) is 95.4 Å². The highest BCUT2D eigenvalue weighted by Gasteiger charge is 2.18. The molecule has 0 aliphatic rings. The van der Waals surface area contributed by atoms with Gasteiger partial charge in [-0.15, -0.1) is 0 Å². The molecular weight excluding hydrogens is 462 g/mol. The Hall–Kier alpha value is -4.32. The standard InChI is InChI=1S/C32H27NO4/c1-20(34)36-27-14-10-25(11-15-27)33(26-12-16-28(17-13-26)37-21(2)35)30-19-9-24-7-6-22-4-3-5-23-8-18-29(30)32(24)31(22)23/h3-21,34-35H,1-2H3. The minimum atomic E-state index is -0.888. The van der Waals surface area contributed by atoms with Gasteiger partial charge in [0, 0.05) is 16.8 Å². The number of benzene rings is 6. The average molecular weight is 490 g/mol. The number of rotatable bonds is 7.